The molecule has 1 aliphatic heterocycles. The average Bonchev–Trinajstić information content (AvgIpc) is 2.83. The zero-order valence-corrected chi connectivity index (χ0v) is 14.5. The molecule has 1 heterocycles. The number of alkyl halides is 1. The minimum absolute atomic E-state index is 0.108. The van der Waals surface area contributed by atoms with Crippen molar-refractivity contribution in [2.24, 2.45) is 5.16 Å². The predicted molar refractivity (Wildman–Crippen MR) is 78.7 cm³/mol. The number of benzene rings is 1. The van der Waals surface area contributed by atoms with Gasteiger partial charge in [-0.05, 0) is 13.8 Å². The molecule has 1 aromatic rings. The van der Waals surface area contributed by atoms with Crippen molar-refractivity contribution in [3.8, 4) is 0 Å². The van der Waals surface area contributed by atoms with Crippen molar-refractivity contribution >= 4 is 30.8 Å². The van der Waals surface area contributed by atoms with Crippen molar-refractivity contribution in [1.29, 1.82) is 0 Å². The summed E-state index contributed by atoms with van der Waals surface area (Å²) in [5.41, 5.74) is -2.92. The molecule has 0 aromatic heterocycles. The number of hydrogen-bond acceptors (Lipinski definition) is 4. The van der Waals surface area contributed by atoms with Gasteiger partial charge < -0.3 is 4.84 Å². The third-order valence-corrected chi connectivity index (χ3v) is 5.41. The molecular formula is C13H12BrF4NO3S. The summed E-state index contributed by atoms with van der Waals surface area (Å²) in [7, 11) is -4.28. The molecular weight excluding hydrogens is 406 g/mol. The molecule has 0 spiro atoms. The molecule has 0 radical (unpaired) electrons. The SMILES string of the molecule is CC1(C)CC(S(=O)(=O)Cc2c(F)c(F)c(CBr)c(F)c2F)=NO1. The first kappa shape index (κ1) is 18.2. The molecule has 2 rings (SSSR count). The van der Waals surface area contributed by atoms with E-state index in [0.717, 1.165) is 0 Å². The summed E-state index contributed by atoms with van der Waals surface area (Å²) in [5.74, 6) is -7.98. The molecule has 4 nitrogen and oxygen atoms in total. The fourth-order valence-corrected chi connectivity index (χ4v) is 4.02. The van der Waals surface area contributed by atoms with Crippen molar-refractivity contribution in [3.63, 3.8) is 0 Å². The predicted octanol–water partition coefficient (Wildman–Crippen LogP) is 3.57. The van der Waals surface area contributed by atoms with E-state index in [1.54, 1.807) is 13.8 Å². The third kappa shape index (κ3) is 3.37. The summed E-state index contributed by atoms with van der Waals surface area (Å²) in [6.45, 7) is 3.15. The maximum Gasteiger partial charge on any atom is 0.199 e. The number of oxime groups is 1. The molecule has 1 aliphatic rings. The first-order valence-corrected chi connectivity index (χ1v) is 9.15. The Morgan fingerprint density at radius 3 is 1.96 bits per heavy atom. The molecule has 0 bridgehead atoms. The Bertz CT molecular complexity index is 764. The summed E-state index contributed by atoms with van der Waals surface area (Å²) < 4.78 is 79.6. The molecule has 10 heteroatoms. The van der Waals surface area contributed by atoms with E-state index in [1.165, 1.54) is 0 Å². The molecule has 0 N–H and O–H groups in total. The minimum Gasteiger partial charge on any atom is -0.389 e. The van der Waals surface area contributed by atoms with Crippen LogP contribution in [0.4, 0.5) is 17.6 Å². The summed E-state index contributed by atoms with van der Waals surface area (Å²) in [5, 5.41) is 2.50. The van der Waals surface area contributed by atoms with E-state index >= 15 is 0 Å². The second kappa shape index (κ2) is 6.04. The maximum absolute atomic E-state index is 13.9. The topological polar surface area (TPSA) is 55.7 Å². The fourth-order valence-electron chi connectivity index (χ4n) is 2.01. The molecule has 0 saturated heterocycles. The first-order valence-electron chi connectivity index (χ1n) is 6.37. The van der Waals surface area contributed by atoms with Crippen LogP contribution >= 0.6 is 15.9 Å². The molecule has 128 valence electrons. The zero-order valence-electron chi connectivity index (χ0n) is 12.1. The molecule has 0 saturated carbocycles. The van der Waals surface area contributed by atoms with Gasteiger partial charge in [0.2, 0.25) is 0 Å². The lowest BCUT2D eigenvalue weighted by atomic mass is 10.1. The normalized spacial score (nSPS) is 17.1. The Hall–Kier alpha value is -1.16. The van der Waals surface area contributed by atoms with E-state index < -0.39 is 66.0 Å². The van der Waals surface area contributed by atoms with Gasteiger partial charge in [0.05, 0.1) is 5.75 Å². The van der Waals surface area contributed by atoms with Crippen molar-refractivity contribution in [3.05, 3.63) is 34.4 Å². The van der Waals surface area contributed by atoms with Crippen molar-refractivity contribution in [2.45, 2.75) is 37.0 Å². The lowest BCUT2D eigenvalue weighted by Crippen LogP contribution is -2.24. The van der Waals surface area contributed by atoms with Gasteiger partial charge in [-0.3, -0.25) is 0 Å². The van der Waals surface area contributed by atoms with Crippen molar-refractivity contribution in [2.75, 3.05) is 0 Å². The summed E-state index contributed by atoms with van der Waals surface area (Å²) >= 11 is 2.71. The van der Waals surface area contributed by atoms with Crippen LogP contribution in [0.2, 0.25) is 0 Å². The standard InChI is InChI=1S/C13H12BrF4NO3S/c1-13(2)3-8(19-22-13)23(20,21)5-7-11(17)9(15)6(4-14)10(16)12(7)18/h3-5H2,1-2H3. The minimum atomic E-state index is -4.28. The summed E-state index contributed by atoms with van der Waals surface area (Å²) in [6.07, 6.45) is -0.108. The molecule has 1 aromatic carbocycles. The van der Waals surface area contributed by atoms with Crippen molar-refractivity contribution in [1.82, 2.24) is 0 Å². The van der Waals surface area contributed by atoms with Gasteiger partial charge in [-0.1, -0.05) is 21.1 Å². The lowest BCUT2D eigenvalue weighted by molar-refractivity contribution is 0.0123. The lowest BCUT2D eigenvalue weighted by Gasteiger charge is -2.13. The van der Waals surface area contributed by atoms with Gasteiger partial charge >= 0.3 is 0 Å². The van der Waals surface area contributed by atoms with Crippen LogP contribution in [0, 0.1) is 23.3 Å². The Balaban J connectivity index is 2.45. The van der Waals surface area contributed by atoms with Gasteiger partial charge in [0, 0.05) is 22.9 Å². The number of hydrogen-bond donors (Lipinski definition) is 0. The van der Waals surface area contributed by atoms with Crippen LogP contribution in [-0.4, -0.2) is 19.1 Å². The van der Waals surface area contributed by atoms with Gasteiger partial charge in [0.1, 0.15) is 5.60 Å². The van der Waals surface area contributed by atoms with Crippen LogP contribution in [0.1, 0.15) is 31.4 Å². The highest BCUT2D eigenvalue weighted by molar-refractivity contribution is 9.08. The smallest absolute Gasteiger partial charge is 0.199 e. The van der Waals surface area contributed by atoms with Crippen LogP contribution in [0.3, 0.4) is 0 Å². The van der Waals surface area contributed by atoms with Crippen LogP contribution in [-0.2, 0) is 25.8 Å². The Morgan fingerprint density at radius 2 is 1.57 bits per heavy atom. The van der Waals surface area contributed by atoms with Crippen LogP contribution in [0.15, 0.2) is 5.16 Å². The largest absolute Gasteiger partial charge is 0.389 e. The van der Waals surface area contributed by atoms with Gasteiger partial charge in [-0.25, -0.2) is 26.0 Å². The molecule has 0 atom stereocenters. The van der Waals surface area contributed by atoms with Crippen molar-refractivity contribution < 1.29 is 30.8 Å². The van der Waals surface area contributed by atoms with E-state index in [9.17, 15) is 26.0 Å². The molecule has 0 aliphatic carbocycles. The van der Waals surface area contributed by atoms with Gasteiger partial charge in [-0.15, -0.1) is 0 Å². The molecule has 23 heavy (non-hydrogen) atoms. The zero-order chi connectivity index (χ0) is 17.6. The fraction of sp³-hybridized carbons (Fsp3) is 0.462. The Kier molecular flexibility index (Phi) is 4.78. The number of halogens is 5. The third-order valence-electron chi connectivity index (χ3n) is 3.24. The Morgan fingerprint density at radius 1 is 1.09 bits per heavy atom. The quantitative estimate of drug-likeness (QED) is 0.429. The van der Waals surface area contributed by atoms with E-state index in [-0.39, 0.29) is 6.42 Å². The number of sulfone groups is 1. The summed E-state index contributed by atoms with van der Waals surface area (Å²) in [6, 6.07) is 0. The van der Waals surface area contributed by atoms with Crippen LogP contribution < -0.4 is 0 Å². The molecule has 0 amide bonds. The van der Waals surface area contributed by atoms with Crippen LogP contribution in [0.25, 0.3) is 0 Å². The average molecular weight is 418 g/mol. The Labute approximate surface area is 138 Å². The second-order valence-electron chi connectivity index (χ2n) is 5.62. The molecule has 0 unspecified atom stereocenters. The monoisotopic (exact) mass is 417 g/mol. The number of rotatable bonds is 3. The van der Waals surface area contributed by atoms with E-state index in [1.807, 2.05) is 0 Å². The van der Waals surface area contributed by atoms with Gasteiger partial charge in [0.25, 0.3) is 0 Å². The van der Waals surface area contributed by atoms with E-state index in [4.69, 9.17) is 4.84 Å². The highest BCUT2D eigenvalue weighted by atomic mass is 79.9. The summed E-state index contributed by atoms with van der Waals surface area (Å²) in [4.78, 5) is 4.89. The first-order chi connectivity index (χ1) is 10.5. The van der Waals surface area contributed by atoms with E-state index in [2.05, 4.69) is 21.1 Å². The number of nitrogens with zero attached hydrogens (tertiary/aromatic N) is 1. The van der Waals surface area contributed by atoms with Gasteiger partial charge in [0.15, 0.2) is 38.1 Å². The van der Waals surface area contributed by atoms with Crippen LogP contribution in [0.5, 0.6) is 0 Å². The maximum atomic E-state index is 13.9. The highest BCUT2D eigenvalue weighted by Gasteiger charge is 2.37. The van der Waals surface area contributed by atoms with Gasteiger partial charge in [-0.2, -0.15) is 0 Å². The molecule has 0 fully saturated rings. The highest BCUT2D eigenvalue weighted by Crippen LogP contribution is 2.30. The second-order valence-corrected chi connectivity index (χ2v) is 8.17. The van der Waals surface area contributed by atoms with E-state index in [0.29, 0.717) is 0 Å².